The van der Waals surface area contributed by atoms with Gasteiger partial charge in [-0.3, -0.25) is 13.9 Å². The third kappa shape index (κ3) is 8.50. The second kappa shape index (κ2) is 13.9. The molecule has 0 aliphatic carbocycles. The van der Waals surface area contributed by atoms with Crippen LogP contribution in [-0.2, 0) is 32.3 Å². The molecule has 3 aromatic rings. The molecule has 0 spiro atoms. The van der Waals surface area contributed by atoms with E-state index in [1.165, 1.54) is 30.2 Å². The number of hydrogen-bond donors (Lipinski definition) is 1. The Hall–Kier alpha value is -4.06. The maximum Gasteiger partial charge on any atom is 0.416 e. The highest BCUT2D eigenvalue weighted by Crippen LogP contribution is 2.33. The fourth-order valence-corrected chi connectivity index (χ4v) is 5.88. The van der Waals surface area contributed by atoms with Gasteiger partial charge >= 0.3 is 6.18 Å². The van der Waals surface area contributed by atoms with Gasteiger partial charge in [-0.1, -0.05) is 42.8 Å². The lowest BCUT2D eigenvalue weighted by molar-refractivity contribution is -0.140. The van der Waals surface area contributed by atoms with Gasteiger partial charge in [0.2, 0.25) is 11.8 Å². The van der Waals surface area contributed by atoms with Crippen LogP contribution in [0.3, 0.4) is 0 Å². The summed E-state index contributed by atoms with van der Waals surface area (Å²) >= 11 is 0. The van der Waals surface area contributed by atoms with Crippen molar-refractivity contribution in [2.75, 3.05) is 18.0 Å². The molecule has 0 aromatic heterocycles. The van der Waals surface area contributed by atoms with E-state index in [0.29, 0.717) is 21.7 Å². The minimum atomic E-state index is -4.75. The van der Waals surface area contributed by atoms with Crippen molar-refractivity contribution in [2.24, 2.45) is 0 Å². The van der Waals surface area contributed by atoms with Crippen LogP contribution in [-0.4, -0.2) is 50.9 Å². The summed E-state index contributed by atoms with van der Waals surface area (Å²) < 4.78 is 74.7. The largest absolute Gasteiger partial charge is 0.497 e. The molecule has 12 heteroatoms. The molecule has 0 saturated carbocycles. The number of methoxy groups -OCH3 is 1. The lowest BCUT2D eigenvalue weighted by atomic mass is 10.1. The summed E-state index contributed by atoms with van der Waals surface area (Å²) in [6.45, 7) is 6.07. The molecule has 3 rings (SSSR count). The molecule has 0 bridgehead atoms. The normalized spacial score (nSPS) is 12.5. The average Bonchev–Trinajstić information content (AvgIpc) is 2.95. The number of rotatable bonds is 12. The van der Waals surface area contributed by atoms with Crippen LogP contribution in [0.4, 0.5) is 18.9 Å². The first kappa shape index (κ1) is 33.4. The average molecular weight is 620 g/mol. The third-order valence-electron chi connectivity index (χ3n) is 6.65. The number of alkyl halides is 3. The topological polar surface area (TPSA) is 96.0 Å². The van der Waals surface area contributed by atoms with Gasteiger partial charge in [0.1, 0.15) is 18.3 Å². The van der Waals surface area contributed by atoms with Crippen LogP contribution < -0.4 is 14.4 Å². The van der Waals surface area contributed by atoms with Crippen LogP contribution in [0.1, 0.15) is 43.9 Å². The number of anilines is 1. The molecule has 8 nitrogen and oxygen atoms in total. The molecular formula is C31H36F3N3O5S. The van der Waals surface area contributed by atoms with Crippen molar-refractivity contribution in [1.82, 2.24) is 10.2 Å². The van der Waals surface area contributed by atoms with Gasteiger partial charge in [-0.25, -0.2) is 8.42 Å². The van der Waals surface area contributed by atoms with E-state index in [1.807, 2.05) is 0 Å². The van der Waals surface area contributed by atoms with E-state index in [2.05, 4.69) is 5.32 Å². The molecule has 0 aliphatic heterocycles. The van der Waals surface area contributed by atoms with E-state index in [-0.39, 0.29) is 29.6 Å². The number of sulfonamides is 1. The molecule has 1 atom stereocenters. The van der Waals surface area contributed by atoms with Gasteiger partial charge in [0.05, 0.1) is 23.3 Å². The van der Waals surface area contributed by atoms with Crippen LogP contribution in [0.25, 0.3) is 0 Å². The quantitative estimate of drug-likeness (QED) is 0.287. The number of carbonyl (C=O) groups excluding carboxylic acids is 2. The lowest BCUT2D eigenvalue weighted by Gasteiger charge is -2.33. The zero-order valence-corrected chi connectivity index (χ0v) is 25.5. The number of carbonyl (C=O) groups is 2. The molecule has 0 radical (unpaired) electrons. The Morgan fingerprint density at radius 3 is 2.21 bits per heavy atom. The van der Waals surface area contributed by atoms with E-state index < -0.39 is 46.2 Å². The van der Waals surface area contributed by atoms with Crippen molar-refractivity contribution in [2.45, 2.75) is 63.8 Å². The van der Waals surface area contributed by atoms with E-state index in [9.17, 15) is 31.2 Å². The first-order chi connectivity index (χ1) is 20.2. The zero-order valence-electron chi connectivity index (χ0n) is 24.7. The smallest absolute Gasteiger partial charge is 0.416 e. The molecule has 2 amide bonds. The van der Waals surface area contributed by atoms with Crippen molar-refractivity contribution in [3.05, 3.63) is 89.5 Å². The Balaban J connectivity index is 2.13. The lowest BCUT2D eigenvalue weighted by Crippen LogP contribution is -2.53. The molecule has 1 unspecified atom stereocenters. The predicted molar refractivity (Wildman–Crippen MR) is 158 cm³/mol. The first-order valence-electron chi connectivity index (χ1n) is 13.7. The molecular weight excluding hydrogens is 583 g/mol. The van der Waals surface area contributed by atoms with Gasteiger partial charge in [-0.15, -0.1) is 0 Å². The van der Waals surface area contributed by atoms with E-state index in [4.69, 9.17) is 4.74 Å². The number of halogens is 3. The second-order valence-corrected chi connectivity index (χ2v) is 12.2. The first-order valence-corrected chi connectivity index (χ1v) is 15.1. The number of aryl methyl sites for hydroxylation is 1. The number of hydrogen-bond acceptors (Lipinski definition) is 5. The standard InChI is InChI=1S/C31H36F3N3O5S/c1-6-28(30(39)35-21(2)3)36(19-23-9-7-12-26(17-23)42-5)29(38)20-37(25-11-8-10-24(18-25)31(32,33)34)43(40,41)27-15-13-22(4)14-16-27/h7-18,21,28H,6,19-20H2,1-5H3,(H,35,39). The molecule has 0 aliphatic rings. The molecule has 0 fully saturated rings. The van der Waals surface area contributed by atoms with Gasteiger partial charge in [0.15, 0.2) is 0 Å². The van der Waals surface area contributed by atoms with Gasteiger partial charge in [0, 0.05) is 12.6 Å². The molecule has 0 heterocycles. The third-order valence-corrected chi connectivity index (χ3v) is 8.44. The molecule has 43 heavy (non-hydrogen) atoms. The van der Waals surface area contributed by atoms with E-state index in [0.717, 1.165) is 17.7 Å². The molecule has 3 aromatic carbocycles. The highest BCUT2D eigenvalue weighted by atomic mass is 32.2. The highest BCUT2D eigenvalue weighted by molar-refractivity contribution is 7.92. The van der Waals surface area contributed by atoms with Gasteiger partial charge in [-0.05, 0) is 75.2 Å². The minimum absolute atomic E-state index is 0.0823. The monoisotopic (exact) mass is 619 g/mol. The number of benzene rings is 3. The van der Waals surface area contributed by atoms with Crippen molar-refractivity contribution in [3.8, 4) is 5.75 Å². The van der Waals surface area contributed by atoms with Crippen LogP contribution in [0, 0.1) is 6.92 Å². The summed E-state index contributed by atoms with van der Waals surface area (Å²) in [5.41, 5.74) is -0.0372. The Morgan fingerprint density at radius 2 is 1.63 bits per heavy atom. The number of ether oxygens (including phenoxy) is 1. The number of nitrogens with one attached hydrogen (secondary N) is 1. The van der Waals surface area contributed by atoms with Crippen LogP contribution >= 0.6 is 0 Å². The van der Waals surface area contributed by atoms with Crippen molar-refractivity contribution in [3.63, 3.8) is 0 Å². The van der Waals surface area contributed by atoms with Crippen LogP contribution in [0.2, 0.25) is 0 Å². The molecule has 232 valence electrons. The summed E-state index contributed by atoms with van der Waals surface area (Å²) in [4.78, 5) is 28.3. The zero-order chi connectivity index (χ0) is 31.9. The SMILES string of the molecule is CCC(C(=O)NC(C)C)N(Cc1cccc(OC)c1)C(=O)CN(c1cccc(C(F)(F)F)c1)S(=O)(=O)c1ccc(C)cc1. The number of nitrogens with zero attached hydrogens (tertiary/aromatic N) is 2. The summed E-state index contributed by atoms with van der Waals surface area (Å²) in [6.07, 6.45) is -4.55. The second-order valence-electron chi connectivity index (χ2n) is 10.3. The maximum absolute atomic E-state index is 14.1. The van der Waals surface area contributed by atoms with Crippen LogP contribution in [0.5, 0.6) is 5.75 Å². The maximum atomic E-state index is 14.1. The Labute approximate surface area is 250 Å². The van der Waals surface area contributed by atoms with Gasteiger partial charge in [-0.2, -0.15) is 13.2 Å². The minimum Gasteiger partial charge on any atom is -0.497 e. The van der Waals surface area contributed by atoms with Crippen molar-refractivity contribution < 1.29 is 35.9 Å². The van der Waals surface area contributed by atoms with Crippen molar-refractivity contribution in [1.29, 1.82) is 0 Å². The van der Waals surface area contributed by atoms with Crippen molar-refractivity contribution >= 4 is 27.5 Å². The summed E-state index contributed by atoms with van der Waals surface area (Å²) in [5, 5.41) is 2.79. The fourth-order valence-electron chi connectivity index (χ4n) is 4.47. The van der Waals surface area contributed by atoms with E-state index in [1.54, 1.807) is 64.1 Å². The number of amides is 2. The fraction of sp³-hybridized carbons (Fsp3) is 0.355. The van der Waals surface area contributed by atoms with Gasteiger partial charge in [0.25, 0.3) is 10.0 Å². The predicted octanol–water partition coefficient (Wildman–Crippen LogP) is 5.55. The molecule has 1 N–H and O–H groups in total. The molecule has 0 saturated heterocycles. The van der Waals surface area contributed by atoms with E-state index >= 15 is 0 Å². The highest BCUT2D eigenvalue weighted by Gasteiger charge is 2.36. The Morgan fingerprint density at radius 1 is 0.977 bits per heavy atom. The van der Waals surface area contributed by atoms with Crippen LogP contribution in [0.15, 0.2) is 77.7 Å². The summed E-state index contributed by atoms with van der Waals surface area (Å²) in [7, 11) is -3.04. The Kier molecular flexibility index (Phi) is 10.8. The Bertz CT molecular complexity index is 1530. The summed E-state index contributed by atoms with van der Waals surface area (Å²) in [6, 6.07) is 15.1. The van der Waals surface area contributed by atoms with Gasteiger partial charge < -0.3 is 15.0 Å². The summed E-state index contributed by atoms with van der Waals surface area (Å²) in [5.74, 6) is -0.709.